The first-order valence-electron chi connectivity index (χ1n) is 21.6. The van der Waals surface area contributed by atoms with E-state index in [9.17, 15) is 53.4 Å². The van der Waals surface area contributed by atoms with Crippen LogP contribution in [0, 0.1) is 17.8 Å². The molecule has 0 spiro atoms. The zero-order chi connectivity index (χ0) is 45.9. The van der Waals surface area contributed by atoms with Gasteiger partial charge in [0.25, 0.3) is 0 Å². The van der Waals surface area contributed by atoms with Crippen molar-refractivity contribution in [2.45, 2.75) is 147 Å². The lowest BCUT2D eigenvalue weighted by atomic mass is 9.84. The second-order valence-electron chi connectivity index (χ2n) is 17.2. The van der Waals surface area contributed by atoms with Gasteiger partial charge in [-0.25, -0.2) is 4.79 Å². The van der Waals surface area contributed by atoms with E-state index in [1.807, 2.05) is 19.9 Å². The molecule has 18 heteroatoms. The number of carbonyl (C=O) groups is 9. The van der Waals surface area contributed by atoms with Gasteiger partial charge in [-0.2, -0.15) is 0 Å². The summed E-state index contributed by atoms with van der Waals surface area (Å²) in [5.41, 5.74) is 6.09. The lowest BCUT2D eigenvalue weighted by Crippen LogP contribution is -2.60. The summed E-state index contributed by atoms with van der Waals surface area (Å²) in [5, 5.41) is 32.4. The standard InChI is InChI=1S/C44H65N7O11/c1-26(2)22-33(43(60)51-21-11-16-35(51)42(59)50-34(44(61)62)23-27(3)4)49-41(58)32(25-38(54)55)48-40(57)31(24-29-14-9-6-10-15-29)47-39(56)30(18-19-36(45)52)46-37(53)20-17-28-12-7-5-8-13-28/h5,7-8,12-13,17,20,26-27,29-35H,6,9-11,14-16,18-19,21-25H2,1-4H3,(H2,45,52)(H,46,53)(H,47,56)(H,48,57)(H,49,58)(H,50,59)(H,54,55)(H,61,62)/b20-17+/t30-,31-,32-,33-,34-,35-/m0/s1. The minimum Gasteiger partial charge on any atom is -0.481 e. The first-order chi connectivity index (χ1) is 29.3. The summed E-state index contributed by atoms with van der Waals surface area (Å²) in [4.78, 5) is 119. The number of benzene rings is 1. The molecule has 9 N–H and O–H groups in total. The van der Waals surface area contributed by atoms with Crippen molar-refractivity contribution < 1.29 is 53.4 Å². The maximum Gasteiger partial charge on any atom is 0.326 e. The van der Waals surface area contributed by atoms with Crippen LogP contribution in [0.15, 0.2) is 36.4 Å². The Balaban J connectivity index is 1.84. The lowest BCUT2D eigenvalue weighted by Gasteiger charge is -2.31. The second-order valence-corrected chi connectivity index (χ2v) is 17.2. The van der Waals surface area contributed by atoms with Gasteiger partial charge in [0, 0.05) is 19.0 Å². The lowest BCUT2D eigenvalue weighted by molar-refractivity contribution is -0.145. The molecule has 2 aliphatic rings. The Morgan fingerprint density at radius 3 is 1.89 bits per heavy atom. The summed E-state index contributed by atoms with van der Waals surface area (Å²) < 4.78 is 0. The quantitative estimate of drug-likeness (QED) is 0.0696. The highest BCUT2D eigenvalue weighted by Crippen LogP contribution is 2.28. The molecule has 6 atom stereocenters. The molecule has 0 aromatic heterocycles. The van der Waals surface area contributed by atoms with Gasteiger partial charge >= 0.3 is 11.9 Å². The zero-order valence-electron chi connectivity index (χ0n) is 36.2. The second kappa shape index (κ2) is 25.2. The topological polar surface area (TPSA) is 284 Å². The van der Waals surface area contributed by atoms with Gasteiger partial charge in [-0.15, -0.1) is 0 Å². The van der Waals surface area contributed by atoms with Crippen molar-refractivity contribution in [1.82, 2.24) is 31.5 Å². The van der Waals surface area contributed by atoms with E-state index in [-0.39, 0.29) is 62.8 Å². The number of hydrogen-bond donors (Lipinski definition) is 8. The van der Waals surface area contributed by atoms with Crippen LogP contribution in [0.4, 0.5) is 0 Å². The summed E-state index contributed by atoms with van der Waals surface area (Å²) >= 11 is 0. The molecular formula is C44H65N7O11. The molecule has 62 heavy (non-hydrogen) atoms. The molecule has 1 heterocycles. The molecular weight excluding hydrogens is 803 g/mol. The van der Waals surface area contributed by atoms with Gasteiger partial charge in [0.1, 0.15) is 36.3 Å². The van der Waals surface area contributed by atoms with E-state index in [0.717, 1.165) is 37.7 Å². The smallest absolute Gasteiger partial charge is 0.326 e. The van der Waals surface area contributed by atoms with Crippen LogP contribution in [0.25, 0.3) is 6.08 Å². The van der Waals surface area contributed by atoms with Crippen LogP contribution in [0.3, 0.4) is 0 Å². The molecule has 3 rings (SSSR count). The Morgan fingerprint density at radius 1 is 0.710 bits per heavy atom. The number of rotatable bonds is 24. The number of likely N-dealkylation sites (tertiary alicyclic amines) is 1. The maximum absolute atomic E-state index is 14.1. The number of amides is 7. The van der Waals surface area contributed by atoms with E-state index in [4.69, 9.17) is 5.73 Å². The summed E-state index contributed by atoms with van der Waals surface area (Å²) in [7, 11) is 0. The molecule has 7 amide bonds. The van der Waals surface area contributed by atoms with Gasteiger partial charge in [-0.05, 0) is 67.9 Å². The summed E-state index contributed by atoms with van der Waals surface area (Å²) in [5.74, 6) is -8.12. The summed E-state index contributed by atoms with van der Waals surface area (Å²) in [6.07, 6.45) is 6.84. The van der Waals surface area contributed by atoms with E-state index in [2.05, 4.69) is 26.6 Å². The monoisotopic (exact) mass is 867 g/mol. The number of nitrogens with one attached hydrogen (secondary N) is 5. The van der Waals surface area contributed by atoms with E-state index in [0.29, 0.717) is 6.42 Å². The normalized spacial score (nSPS) is 18.0. The molecule has 1 aliphatic carbocycles. The first kappa shape index (κ1) is 50.5. The Bertz CT molecular complexity index is 1760. The van der Waals surface area contributed by atoms with Crippen molar-refractivity contribution in [3.63, 3.8) is 0 Å². The molecule has 1 aromatic carbocycles. The predicted octanol–water partition coefficient (Wildman–Crippen LogP) is 2.00. The number of carboxylic acid groups (broad SMARTS) is 2. The molecule has 1 aromatic rings. The molecule has 342 valence electrons. The fourth-order valence-corrected chi connectivity index (χ4v) is 7.86. The molecule has 2 fully saturated rings. The zero-order valence-corrected chi connectivity index (χ0v) is 36.2. The number of aliphatic carboxylic acids is 2. The van der Waals surface area contributed by atoms with Gasteiger partial charge in [-0.3, -0.25) is 38.4 Å². The highest BCUT2D eigenvalue weighted by Gasteiger charge is 2.40. The maximum atomic E-state index is 14.1. The first-order valence-corrected chi connectivity index (χ1v) is 21.6. The van der Waals surface area contributed by atoms with E-state index < -0.39 is 96.0 Å². The number of primary amides is 1. The Morgan fingerprint density at radius 2 is 1.29 bits per heavy atom. The molecule has 0 bridgehead atoms. The third-order valence-corrected chi connectivity index (χ3v) is 11.0. The van der Waals surface area contributed by atoms with Crippen LogP contribution in [0.2, 0.25) is 0 Å². The van der Waals surface area contributed by atoms with Crippen molar-refractivity contribution in [2.75, 3.05) is 6.54 Å². The molecule has 1 saturated carbocycles. The van der Waals surface area contributed by atoms with E-state index in [1.54, 1.807) is 38.1 Å². The van der Waals surface area contributed by atoms with Crippen molar-refractivity contribution in [1.29, 1.82) is 0 Å². The van der Waals surface area contributed by atoms with Crippen molar-refractivity contribution in [3.05, 3.63) is 42.0 Å². The molecule has 1 aliphatic heterocycles. The van der Waals surface area contributed by atoms with Crippen molar-refractivity contribution in [2.24, 2.45) is 23.5 Å². The number of carboxylic acids is 2. The van der Waals surface area contributed by atoms with Gasteiger partial charge < -0.3 is 47.4 Å². The average molecular weight is 868 g/mol. The molecule has 0 radical (unpaired) electrons. The van der Waals surface area contributed by atoms with Crippen LogP contribution in [-0.2, 0) is 43.2 Å². The minimum atomic E-state index is -1.70. The van der Waals surface area contributed by atoms with Gasteiger partial charge in [0.15, 0.2) is 0 Å². The van der Waals surface area contributed by atoms with E-state index >= 15 is 0 Å². The van der Waals surface area contributed by atoms with Gasteiger partial charge in [0.2, 0.25) is 41.4 Å². The van der Waals surface area contributed by atoms with Crippen LogP contribution in [0.5, 0.6) is 0 Å². The Hall–Kier alpha value is -5.81. The van der Waals surface area contributed by atoms with Crippen LogP contribution >= 0.6 is 0 Å². The van der Waals surface area contributed by atoms with Gasteiger partial charge in [-0.1, -0.05) is 90.1 Å². The SMILES string of the molecule is CC(C)C[C@H](NC(=O)[C@@H]1CCCN1C(=O)[C@H](CC(C)C)NC(=O)[C@H](CC(=O)O)NC(=O)[C@H](CC1CCCCC1)NC(=O)[C@H](CCC(N)=O)NC(=O)/C=C/c1ccccc1)C(=O)O. The minimum absolute atomic E-state index is 0.00572. The predicted molar refractivity (Wildman–Crippen MR) is 228 cm³/mol. The van der Waals surface area contributed by atoms with Gasteiger partial charge in [0.05, 0.1) is 6.42 Å². The summed E-state index contributed by atoms with van der Waals surface area (Å²) in [6.45, 7) is 7.40. The molecule has 1 saturated heterocycles. The average Bonchev–Trinajstić information content (AvgIpc) is 3.71. The number of carbonyl (C=O) groups excluding carboxylic acids is 7. The van der Waals surface area contributed by atoms with Crippen LogP contribution < -0.4 is 32.3 Å². The van der Waals surface area contributed by atoms with Crippen molar-refractivity contribution in [3.8, 4) is 0 Å². The Kier molecular flexibility index (Phi) is 20.5. The third kappa shape index (κ3) is 17.3. The fourth-order valence-electron chi connectivity index (χ4n) is 7.86. The van der Waals surface area contributed by atoms with Crippen LogP contribution in [-0.4, -0.2) is 111 Å². The highest BCUT2D eigenvalue weighted by molar-refractivity contribution is 5.99. The number of nitrogens with zero attached hydrogens (tertiary/aromatic N) is 1. The van der Waals surface area contributed by atoms with E-state index in [1.165, 1.54) is 17.1 Å². The van der Waals surface area contributed by atoms with Crippen LogP contribution in [0.1, 0.15) is 117 Å². The molecule has 0 unspecified atom stereocenters. The highest BCUT2D eigenvalue weighted by atomic mass is 16.4. The fraction of sp³-hybridized carbons (Fsp3) is 0.614. The summed E-state index contributed by atoms with van der Waals surface area (Å²) in [6, 6.07) is 1.24. The molecule has 18 nitrogen and oxygen atoms in total. The number of hydrogen-bond acceptors (Lipinski definition) is 9. The third-order valence-electron chi connectivity index (χ3n) is 11.0. The van der Waals surface area contributed by atoms with Crippen molar-refractivity contribution >= 4 is 59.4 Å². The largest absolute Gasteiger partial charge is 0.481 e. The Labute approximate surface area is 362 Å². The number of nitrogens with two attached hydrogens (primary N) is 1.